The van der Waals surface area contributed by atoms with Crippen LogP contribution in [0.15, 0.2) is 29.6 Å². The highest BCUT2D eigenvalue weighted by Crippen LogP contribution is 2.37. The van der Waals surface area contributed by atoms with Crippen LogP contribution in [-0.4, -0.2) is 13.1 Å². The highest BCUT2D eigenvalue weighted by atomic mass is 32.1. The minimum absolute atomic E-state index is 0.185. The van der Waals surface area contributed by atoms with Crippen LogP contribution in [0.3, 0.4) is 0 Å². The van der Waals surface area contributed by atoms with E-state index in [1.807, 2.05) is 32.2 Å². The van der Waals surface area contributed by atoms with Crippen molar-refractivity contribution in [1.29, 1.82) is 0 Å². The minimum atomic E-state index is -1.29. The van der Waals surface area contributed by atoms with Crippen LogP contribution in [0.25, 0.3) is 10.1 Å². The topological polar surface area (TPSA) is 12.0 Å². The smallest absolute Gasteiger partial charge is 0.150 e. The van der Waals surface area contributed by atoms with E-state index in [2.05, 4.69) is 23.7 Å². The summed E-state index contributed by atoms with van der Waals surface area (Å²) in [6.07, 6.45) is 2.49. The van der Waals surface area contributed by atoms with Crippen molar-refractivity contribution in [3.63, 3.8) is 0 Å². The fraction of sp³-hybridized carbons (Fsp3) is 0.500. The van der Waals surface area contributed by atoms with Gasteiger partial charge in [0, 0.05) is 10.7 Å². The summed E-state index contributed by atoms with van der Waals surface area (Å²) >= 11 is 1.70. The number of hydrogen-bond donors (Lipinski definition) is 1. The largest absolute Gasteiger partial charge is 0.314 e. The van der Waals surface area contributed by atoms with E-state index < -0.39 is 5.67 Å². The molecule has 1 heterocycles. The molecule has 0 radical (unpaired) electrons. The van der Waals surface area contributed by atoms with E-state index in [4.69, 9.17) is 0 Å². The van der Waals surface area contributed by atoms with E-state index in [1.165, 1.54) is 4.70 Å². The second-order valence-corrected chi connectivity index (χ2v) is 6.10. The molecule has 0 aliphatic carbocycles. The van der Waals surface area contributed by atoms with Crippen LogP contribution < -0.4 is 5.32 Å². The number of nitrogens with one attached hydrogen (secondary N) is 1. The maximum Gasteiger partial charge on any atom is 0.150 e. The highest BCUT2D eigenvalue weighted by Gasteiger charge is 2.36. The van der Waals surface area contributed by atoms with Gasteiger partial charge < -0.3 is 5.32 Å². The number of unbranched alkanes of at least 4 members (excludes halogenated alkanes) is 1. The molecular formula is C16H22FNS. The summed E-state index contributed by atoms with van der Waals surface area (Å²) in [6, 6.07) is 7.87. The average molecular weight is 279 g/mol. The van der Waals surface area contributed by atoms with Gasteiger partial charge in [0.25, 0.3) is 0 Å². The maximum atomic E-state index is 15.5. The Kier molecular flexibility index (Phi) is 4.58. The lowest BCUT2D eigenvalue weighted by Gasteiger charge is -2.32. The van der Waals surface area contributed by atoms with E-state index in [1.54, 1.807) is 11.3 Å². The Bertz CT molecular complexity index is 536. The van der Waals surface area contributed by atoms with Crippen molar-refractivity contribution < 1.29 is 4.39 Å². The van der Waals surface area contributed by atoms with Crippen molar-refractivity contribution in [1.82, 2.24) is 5.32 Å². The summed E-state index contributed by atoms with van der Waals surface area (Å²) in [5, 5.41) is 6.28. The van der Waals surface area contributed by atoms with E-state index in [9.17, 15) is 0 Å². The van der Waals surface area contributed by atoms with E-state index in [0.717, 1.165) is 23.8 Å². The molecule has 2 unspecified atom stereocenters. The zero-order valence-electron chi connectivity index (χ0n) is 11.9. The molecule has 2 aromatic rings. The van der Waals surface area contributed by atoms with Gasteiger partial charge in [0.15, 0.2) is 5.67 Å². The molecule has 19 heavy (non-hydrogen) atoms. The van der Waals surface area contributed by atoms with Crippen molar-refractivity contribution in [3.05, 3.63) is 35.2 Å². The SMILES string of the molecule is CCCCC(F)(c1ccc2sccc2c1)C(C)NC. The predicted octanol–water partition coefficient (Wildman–Crippen LogP) is 4.86. The Labute approximate surface area is 118 Å². The molecule has 0 bridgehead atoms. The molecule has 1 N–H and O–H groups in total. The first kappa shape index (κ1) is 14.5. The van der Waals surface area contributed by atoms with Crippen molar-refractivity contribution in [2.75, 3.05) is 7.05 Å². The first-order valence-electron chi connectivity index (χ1n) is 6.95. The Morgan fingerprint density at radius 3 is 2.84 bits per heavy atom. The normalized spacial score (nSPS) is 16.4. The standard InChI is InChI=1S/C16H22FNS/c1-4-5-9-16(17,12(2)18-3)14-6-7-15-13(11-14)8-10-19-15/h6-8,10-12,18H,4-5,9H2,1-3H3. The van der Waals surface area contributed by atoms with E-state index >= 15 is 4.39 Å². The lowest BCUT2D eigenvalue weighted by Crippen LogP contribution is -2.42. The van der Waals surface area contributed by atoms with Crippen LogP contribution in [-0.2, 0) is 5.67 Å². The third-order valence-corrected chi connectivity index (χ3v) is 4.84. The van der Waals surface area contributed by atoms with Crippen LogP contribution in [0, 0.1) is 0 Å². The fourth-order valence-corrected chi connectivity index (χ4v) is 3.27. The van der Waals surface area contributed by atoms with Gasteiger partial charge in [0.1, 0.15) is 0 Å². The summed E-state index contributed by atoms with van der Waals surface area (Å²) < 4.78 is 16.7. The molecule has 2 rings (SSSR count). The Balaban J connectivity index is 2.40. The zero-order valence-corrected chi connectivity index (χ0v) is 12.7. The lowest BCUT2D eigenvalue weighted by molar-refractivity contribution is 0.101. The Morgan fingerprint density at radius 2 is 2.16 bits per heavy atom. The summed E-state index contributed by atoms with van der Waals surface area (Å²) in [6.45, 7) is 4.03. The number of fused-ring (bicyclic) bond motifs is 1. The van der Waals surface area contributed by atoms with Gasteiger partial charge in [-0.25, -0.2) is 4.39 Å². The van der Waals surface area contributed by atoms with Crippen LogP contribution in [0.5, 0.6) is 0 Å². The summed E-state index contributed by atoms with van der Waals surface area (Å²) in [5.41, 5.74) is -0.491. The first-order valence-corrected chi connectivity index (χ1v) is 7.83. The van der Waals surface area contributed by atoms with Gasteiger partial charge in [-0.05, 0) is 54.9 Å². The van der Waals surface area contributed by atoms with Crippen LogP contribution in [0.1, 0.15) is 38.7 Å². The molecule has 0 aliphatic rings. The van der Waals surface area contributed by atoms with E-state index in [-0.39, 0.29) is 6.04 Å². The van der Waals surface area contributed by atoms with Crippen molar-refractivity contribution in [2.24, 2.45) is 0 Å². The minimum Gasteiger partial charge on any atom is -0.314 e. The molecule has 0 saturated heterocycles. The molecule has 104 valence electrons. The molecule has 0 spiro atoms. The van der Waals surface area contributed by atoms with Gasteiger partial charge >= 0.3 is 0 Å². The molecule has 3 heteroatoms. The molecule has 1 aromatic carbocycles. The van der Waals surface area contributed by atoms with Gasteiger partial charge in [-0.1, -0.05) is 25.8 Å². The molecular weight excluding hydrogens is 257 g/mol. The monoisotopic (exact) mass is 279 g/mol. The molecule has 0 amide bonds. The zero-order chi connectivity index (χ0) is 13.9. The maximum absolute atomic E-state index is 15.5. The van der Waals surface area contributed by atoms with Gasteiger partial charge in [-0.3, -0.25) is 0 Å². The number of benzene rings is 1. The van der Waals surface area contributed by atoms with Crippen molar-refractivity contribution in [3.8, 4) is 0 Å². The third kappa shape index (κ3) is 2.82. The predicted molar refractivity (Wildman–Crippen MR) is 82.7 cm³/mol. The highest BCUT2D eigenvalue weighted by molar-refractivity contribution is 7.17. The van der Waals surface area contributed by atoms with Gasteiger partial charge in [0.05, 0.1) is 0 Å². The second kappa shape index (κ2) is 6.02. The van der Waals surface area contributed by atoms with Crippen LogP contribution in [0.2, 0.25) is 0 Å². The summed E-state index contributed by atoms with van der Waals surface area (Å²) in [4.78, 5) is 0. The quantitative estimate of drug-likeness (QED) is 0.796. The molecule has 2 atom stereocenters. The van der Waals surface area contributed by atoms with Gasteiger partial charge in [0.2, 0.25) is 0 Å². The van der Waals surface area contributed by atoms with Gasteiger partial charge in [-0.2, -0.15) is 0 Å². The summed E-state index contributed by atoms with van der Waals surface area (Å²) in [7, 11) is 1.83. The number of rotatable bonds is 6. The van der Waals surface area contributed by atoms with Gasteiger partial charge in [-0.15, -0.1) is 11.3 Å². The Morgan fingerprint density at radius 1 is 1.37 bits per heavy atom. The van der Waals surface area contributed by atoms with Crippen molar-refractivity contribution >= 4 is 21.4 Å². The first-order chi connectivity index (χ1) is 9.11. The second-order valence-electron chi connectivity index (χ2n) is 5.15. The van der Waals surface area contributed by atoms with Crippen LogP contribution in [0.4, 0.5) is 4.39 Å². The van der Waals surface area contributed by atoms with E-state index in [0.29, 0.717) is 6.42 Å². The molecule has 0 aliphatic heterocycles. The number of thiophene rings is 1. The molecule has 1 nitrogen and oxygen atoms in total. The van der Waals surface area contributed by atoms with Crippen molar-refractivity contribution in [2.45, 2.75) is 44.8 Å². The Hall–Kier alpha value is -0.930. The third-order valence-electron chi connectivity index (χ3n) is 3.95. The number of hydrogen-bond acceptors (Lipinski definition) is 2. The number of alkyl halides is 1. The molecule has 1 aromatic heterocycles. The fourth-order valence-electron chi connectivity index (χ4n) is 2.50. The molecule has 0 fully saturated rings. The number of likely N-dealkylation sites (N-methyl/N-ethyl adjacent to an activating group) is 1. The molecule has 0 saturated carbocycles. The average Bonchev–Trinajstić information content (AvgIpc) is 2.91. The lowest BCUT2D eigenvalue weighted by atomic mass is 9.84. The van der Waals surface area contributed by atoms with Crippen LogP contribution >= 0.6 is 11.3 Å². The summed E-state index contributed by atoms with van der Waals surface area (Å²) in [5.74, 6) is 0. The number of halogens is 1.